The van der Waals surface area contributed by atoms with E-state index in [0.717, 1.165) is 0 Å². The Bertz CT molecular complexity index is 757. The highest BCUT2D eigenvalue weighted by Crippen LogP contribution is 2.18. The smallest absolute Gasteiger partial charge is 0.326 e. The van der Waals surface area contributed by atoms with Crippen LogP contribution in [0.25, 0.3) is 0 Å². The van der Waals surface area contributed by atoms with Gasteiger partial charge in [-0.15, -0.1) is 10.2 Å². The first-order valence-electron chi connectivity index (χ1n) is 7.18. The third kappa shape index (κ3) is 5.54. The number of hydrogen-bond donors (Lipinski definition) is 1. The Hall–Kier alpha value is -2.45. The van der Waals surface area contributed by atoms with Gasteiger partial charge in [-0.25, -0.2) is 4.98 Å². The zero-order chi connectivity index (χ0) is 18.4. The zero-order valence-corrected chi connectivity index (χ0v) is 15.0. The Labute approximate surface area is 154 Å². The van der Waals surface area contributed by atoms with Crippen molar-refractivity contribution < 1.29 is 14.3 Å². The molecule has 0 saturated carbocycles. The van der Waals surface area contributed by atoms with Crippen molar-refractivity contribution in [3.05, 3.63) is 40.8 Å². The lowest BCUT2D eigenvalue weighted by Gasteiger charge is -2.18. The van der Waals surface area contributed by atoms with Crippen molar-refractivity contribution >= 4 is 46.6 Å². The summed E-state index contributed by atoms with van der Waals surface area (Å²) in [7, 11) is 1.64. The van der Waals surface area contributed by atoms with E-state index in [1.807, 2.05) is 0 Å². The van der Waals surface area contributed by atoms with Crippen LogP contribution in [-0.2, 0) is 14.3 Å². The SMILES string of the molecule is CC(OC(=O)CN(C)c1ccc(Cl)nn1)C(=O)Nc1cccnc1Cl. The van der Waals surface area contributed by atoms with E-state index in [0.29, 0.717) is 11.5 Å². The molecule has 132 valence electrons. The van der Waals surface area contributed by atoms with Crippen molar-refractivity contribution in [1.82, 2.24) is 15.2 Å². The molecule has 1 N–H and O–H groups in total. The van der Waals surface area contributed by atoms with Gasteiger partial charge in [-0.1, -0.05) is 23.2 Å². The zero-order valence-electron chi connectivity index (χ0n) is 13.4. The normalized spacial score (nSPS) is 11.5. The fraction of sp³-hybridized carbons (Fsp3) is 0.267. The highest BCUT2D eigenvalue weighted by molar-refractivity contribution is 6.32. The van der Waals surface area contributed by atoms with Gasteiger partial charge in [0.2, 0.25) is 0 Å². The van der Waals surface area contributed by atoms with Crippen molar-refractivity contribution in [2.75, 3.05) is 23.8 Å². The van der Waals surface area contributed by atoms with Gasteiger partial charge in [-0.2, -0.15) is 0 Å². The second kappa shape index (κ2) is 8.59. The van der Waals surface area contributed by atoms with Crippen LogP contribution in [0.4, 0.5) is 11.5 Å². The highest BCUT2D eigenvalue weighted by atomic mass is 35.5. The summed E-state index contributed by atoms with van der Waals surface area (Å²) < 4.78 is 5.11. The standard InChI is InChI=1S/C15H15Cl2N5O3/c1-9(15(24)19-10-4-3-7-18-14(10)17)25-13(23)8-22(2)12-6-5-11(16)20-21-12/h3-7,9H,8H2,1-2H3,(H,19,24). The summed E-state index contributed by atoms with van der Waals surface area (Å²) in [6, 6.07) is 6.39. The van der Waals surface area contributed by atoms with Gasteiger partial charge < -0.3 is 15.0 Å². The molecule has 0 aliphatic heterocycles. The number of amides is 1. The van der Waals surface area contributed by atoms with Crippen molar-refractivity contribution in [3.8, 4) is 0 Å². The molecule has 2 rings (SSSR count). The Morgan fingerprint density at radius 2 is 2.04 bits per heavy atom. The van der Waals surface area contributed by atoms with Crippen molar-refractivity contribution in [3.63, 3.8) is 0 Å². The van der Waals surface area contributed by atoms with Gasteiger partial charge in [-0.05, 0) is 31.2 Å². The maximum Gasteiger partial charge on any atom is 0.326 e. The van der Waals surface area contributed by atoms with Crippen LogP contribution >= 0.6 is 23.2 Å². The molecule has 0 radical (unpaired) electrons. The monoisotopic (exact) mass is 383 g/mol. The van der Waals surface area contributed by atoms with Crippen LogP contribution in [0.5, 0.6) is 0 Å². The number of nitrogens with one attached hydrogen (secondary N) is 1. The van der Waals surface area contributed by atoms with Gasteiger partial charge in [0.1, 0.15) is 6.54 Å². The van der Waals surface area contributed by atoms with Crippen LogP contribution < -0.4 is 10.2 Å². The van der Waals surface area contributed by atoms with Crippen LogP contribution in [0.2, 0.25) is 10.3 Å². The number of halogens is 2. The summed E-state index contributed by atoms with van der Waals surface area (Å²) in [6.07, 6.45) is 0.491. The van der Waals surface area contributed by atoms with Crippen LogP contribution in [0.3, 0.4) is 0 Å². The third-order valence-electron chi connectivity index (χ3n) is 3.07. The fourth-order valence-electron chi connectivity index (χ4n) is 1.79. The summed E-state index contributed by atoms with van der Waals surface area (Å²) in [4.78, 5) is 29.4. The number of esters is 1. The highest BCUT2D eigenvalue weighted by Gasteiger charge is 2.20. The van der Waals surface area contributed by atoms with Crippen LogP contribution in [-0.4, -0.2) is 46.8 Å². The molecule has 0 spiro atoms. The van der Waals surface area contributed by atoms with Gasteiger partial charge >= 0.3 is 5.97 Å². The molecule has 0 aliphatic carbocycles. The molecular formula is C15H15Cl2N5O3. The number of aromatic nitrogens is 3. The molecule has 1 amide bonds. The Morgan fingerprint density at radius 1 is 1.28 bits per heavy atom. The predicted molar refractivity (Wildman–Crippen MR) is 93.7 cm³/mol. The molecule has 1 unspecified atom stereocenters. The van der Waals surface area contributed by atoms with Crippen LogP contribution in [0, 0.1) is 0 Å². The van der Waals surface area contributed by atoms with E-state index in [4.69, 9.17) is 27.9 Å². The summed E-state index contributed by atoms with van der Waals surface area (Å²) in [5.74, 6) is -0.669. The molecule has 0 aliphatic rings. The summed E-state index contributed by atoms with van der Waals surface area (Å²) in [6.45, 7) is 1.35. The number of pyridine rings is 1. The Kier molecular flexibility index (Phi) is 6.49. The number of hydrogen-bond acceptors (Lipinski definition) is 7. The van der Waals surface area contributed by atoms with E-state index in [9.17, 15) is 9.59 Å². The molecule has 25 heavy (non-hydrogen) atoms. The van der Waals surface area contributed by atoms with Crippen LogP contribution in [0.1, 0.15) is 6.92 Å². The molecular weight excluding hydrogens is 369 g/mol. The average Bonchev–Trinajstić information content (AvgIpc) is 2.57. The quantitative estimate of drug-likeness (QED) is 0.602. The van der Waals surface area contributed by atoms with Crippen LogP contribution in [0.15, 0.2) is 30.5 Å². The topological polar surface area (TPSA) is 97.3 Å². The third-order valence-corrected chi connectivity index (χ3v) is 3.57. The lowest BCUT2D eigenvalue weighted by Crippen LogP contribution is -2.35. The molecule has 8 nitrogen and oxygen atoms in total. The van der Waals surface area contributed by atoms with E-state index in [1.54, 1.807) is 31.3 Å². The fourth-order valence-corrected chi connectivity index (χ4v) is 2.06. The Morgan fingerprint density at radius 3 is 2.68 bits per heavy atom. The molecule has 2 heterocycles. The van der Waals surface area contributed by atoms with E-state index < -0.39 is 18.0 Å². The maximum absolute atomic E-state index is 12.1. The number of likely N-dealkylation sites (N-methyl/N-ethyl adjacent to an activating group) is 1. The molecule has 2 aromatic heterocycles. The van der Waals surface area contributed by atoms with E-state index in [2.05, 4.69) is 20.5 Å². The molecule has 10 heteroatoms. The average molecular weight is 384 g/mol. The minimum atomic E-state index is -1.01. The number of carbonyl (C=O) groups excluding carboxylic acids is 2. The predicted octanol–water partition coefficient (Wildman–Crippen LogP) is 2.18. The van der Waals surface area contributed by atoms with E-state index in [-0.39, 0.29) is 16.9 Å². The van der Waals surface area contributed by atoms with Gasteiger partial charge in [0.25, 0.3) is 5.91 Å². The first-order valence-corrected chi connectivity index (χ1v) is 7.93. The second-order valence-corrected chi connectivity index (χ2v) is 5.78. The minimum Gasteiger partial charge on any atom is -0.451 e. The van der Waals surface area contributed by atoms with Gasteiger partial charge in [-0.3, -0.25) is 9.59 Å². The largest absolute Gasteiger partial charge is 0.451 e. The summed E-state index contributed by atoms with van der Waals surface area (Å²) in [5.41, 5.74) is 0.339. The first kappa shape index (κ1) is 18.9. The van der Waals surface area contributed by atoms with Gasteiger partial charge in [0, 0.05) is 13.2 Å². The number of carbonyl (C=O) groups is 2. The second-order valence-electron chi connectivity index (χ2n) is 5.03. The summed E-state index contributed by atoms with van der Waals surface area (Å²) in [5, 5.41) is 10.5. The van der Waals surface area contributed by atoms with E-state index >= 15 is 0 Å². The van der Waals surface area contributed by atoms with Gasteiger partial charge in [0.15, 0.2) is 22.2 Å². The number of ether oxygens (including phenoxy) is 1. The molecule has 0 fully saturated rings. The molecule has 0 bridgehead atoms. The molecule has 2 aromatic rings. The van der Waals surface area contributed by atoms with Crippen molar-refractivity contribution in [2.24, 2.45) is 0 Å². The Balaban J connectivity index is 1.87. The van der Waals surface area contributed by atoms with Gasteiger partial charge in [0.05, 0.1) is 5.69 Å². The maximum atomic E-state index is 12.1. The lowest BCUT2D eigenvalue weighted by molar-refractivity contribution is -0.151. The molecule has 0 aromatic carbocycles. The number of anilines is 2. The molecule has 1 atom stereocenters. The van der Waals surface area contributed by atoms with E-state index in [1.165, 1.54) is 18.0 Å². The van der Waals surface area contributed by atoms with Crippen molar-refractivity contribution in [1.29, 1.82) is 0 Å². The molecule has 0 saturated heterocycles. The minimum absolute atomic E-state index is 0.110. The number of nitrogens with zero attached hydrogens (tertiary/aromatic N) is 4. The first-order chi connectivity index (χ1) is 11.9. The van der Waals surface area contributed by atoms with Crippen molar-refractivity contribution in [2.45, 2.75) is 13.0 Å². The number of rotatable bonds is 6. The summed E-state index contributed by atoms with van der Waals surface area (Å²) >= 11 is 11.5. The lowest BCUT2D eigenvalue weighted by atomic mass is 10.3.